The second kappa shape index (κ2) is 22.3. The van der Waals surface area contributed by atoms with Crippen LogP contribution in [-0.4, -0.2) is 141 Å². The number of nitrogens with two attached hydrogens (primary N) is 2. The van der Waals surface area contributed by atoms with E-state index in [1.54, 1.807) is 13.8 Å². The van der Waals surface area contributed by atoms with Crippen LogP contribution in [0.2, 0.25) is 0 Å². The number of amides is 6. The van der Waals surface area contributed by atoms with E-state index < -0.39 is 102 Å². The van der Waals surface area contributed by atoms with Gasteiger partial charge in [-0.2, -0.15) is 0 Å². The van der Waals surface area contributed by atoms with Gasteiger partial charge in [0.1, 0.15) is 36.3 Å². The number of aliphatic carboxylic acids is 1. The number of hydrogen-bond donors (Lipinski definition) is 9. The fraction of sp³-hybridized carbons (Fsp3) is 0.667. The number of aliphatic hydroxyl groups excluding tert-OH is 2. The highest BCUT2D eigenvalue weighted by atomic mass is 16.4. The number of carbonyl (C=O) groups is 7. The van der Waals surface area contributed by atoms with Crippen molar-refractivity contribution in [3.05, 3.63) is 35.9 Å². The molecule has 2 aliphatic heterocycles. The lowest BCUT2D eigenvalue weighted by Gasteiger charge is -2.32. The maximum absolute atomic E-state index is 13.8. The SMILES string of the molecule is CC[C@H](C)[C@H](NC(=O)[C@@H]1CCCN1C(=O)[C@@H](NC(=O)[C@@H](NC(=O)[C@H](CCCCN)NC(=O)[C@@H]1CCCN1C(=O)[C@@H](N)Cc1ccccc1)[C@@H](C)O)[C@@H](C)O)C(=O)O. The average Bonchev–Trinajstić information content (AvgIpc) is 3.88. The van der Waals surface area contributed by atoms with Crippen LogP contribution in [0.5, 0.6) is 0 Å². The van der Waals surface area contributed by atoms with E-state index in [0.717, 1.165) is 5.56 Å². The van der Waals surface area contributed by atoms with E-state index in [9.17, 15) is 48.9 Å². The molecule has 0 radical (unpaired) electrons. The van der Waals surface area contributed by atoms with Crippen LogP contribution in [0, 0.1) is 5.92 Å². The van der Waals surface area contributed by atoms with Gasteiger partial charge in [-0.25, -0.2) is 4.79 Å². The molecule has 318 valence electrons. The maximum atomic E-state index is 13.8. The van der Waals surface area contributed by atoms with Gasteiger partial charge in [0.05, 0.1) is 18.2 Å². The quantitative estimate of drug-likeness (QED) is 0.0643. The van der Waals surface area contributed by atoms with E-state index in [2.05, 4.69) is 21.3 Å². The third kappa shape index (κ3) is 12.9. The fourth-order valence-electron chi connectivity index (χ4n) is 7.21. The smallest absolute Gasteiger partial charge is 0.326 e. The summed E-state index contributed by atoms with van der Waals surface area (Å²) in [6, 6.07) is 0.771. The van der Waals surface area contributed by atoms with Gasteiger partial charge in [-0.3, -0.25) is 28.8 Å². The molecule has 11 N–H and O–H groups in total. The summed E-state index contributed by atoms with van der Waals surface area (Å²) in [5.41, 5.74) is 12.8. The molecule has 2 saturated heterocycles. The molecule has 0 bridgehead atoms. The molecule has 0 aliphatic carbocycles. The Morgan fingerprint density at radius 2 is 1.30 bits per heavy atom. The number of carboxylic acids is 1. The first-order valence-corrected chi connectivity index (χ1v) is 19.9. The first-order valence-electron chi connectivity index (χ1n) is 19.9. The standard InChI is InChI=1S/C39H62N8O10/c1-5-22(2)30(39(56)57)43-35(52)29-17-12-20-47(29)38(55)32(24(4)49)45-36(53)31(23(3)48)44-33(50)27(15-9-10-18-40)42-34(51)28-16-11-19-46(28)37(54)26(41)21-25-13-7-6-8-14-25/h6-8,13-14,22-24,26-32,48-49H,5,9-12,15-21,40-41H2,1-4H3,(H,42,51)(H,43,52)(H,44,50)(H,45,53)(H,56,57)/t22-,23+,24+,26-,27-,28-,29-,30-,31-,32-/m0/s1. The van der Waals surface area contributed by atoms with Gasteiger partial charge in [-0.1, -0.05) is 50.6 Å². The maximum Gasteiger partial charge on any atom is 0.326 e. The number of nitrogens with one attached hydrogen (secondary N) is 4. The molecule has 2 aliphatic rings. The molecular weight excluding hydrogens is 740 g/mol. The third-order valence-corrected chi connectivity index (χ3v) is 10.8. The van der Waals surface area contributed by atoms with Crippen molar-refractivity contribution in [2.75, 3.05) is 19.6 Å². The highest BCUT2D eigenvalue weighted by molar-refractivity contribution is 5.97. The minimum Gasteiger partial charge on any atom is -0.480 e. The van der Waals surface area contributed by atoms with Crippen LogP contribution >= 0.6 is 0 Å². The average molecular weight is 803 g/mol. The zero-order valence-electron chi connectivity index (χ0n) is 33.4. The Bertz CT molecular complexity index is 1550. The highest BCUT2D eigenvalue weighted by Gasteiger charge is 2.42. The van der Waals surface area contributed by atoms with E-state index in [0.29, 0.717) is 51.6 Å². The molecule has 10 atom stereocenters. The molecule has 1 aromatic rings. The van der Waals surface area contributed by atoms with Gasteiger partial charge in [0.25, 0.3) is 0 Å². The monoisotopic (exact) mass is 802 g/mol. The Hall–Kier alpha value is -4.65. The molecule has 0 spiro atoms. The Morgan fingerprint density at radius 3 is 1.82 bits per heavy atom. The van der Waals surface area contributed by atoms with Crippen LogP contribution in [0.4, 0.5) is 0 Å². The minimum atomic E-state index is -1.65. The number of nitrogens with zero attached hydrogens (tertiary/aromatic N) is 2. The van der Waals surface area contributed by atoms with Crippen molar-refractivity contribution >= 4 is 41.4 Å². The topological polar surface area (TPSA) is 287 Å². The summed E-state index contributed by atoms with van der Waals surface area (Å²) in [5, 5.41) is 41.1. The predicted octanol–water partition coefficient (Wildman–Crippen LogP) is -1.50. The summed E-state index contributed by atoms with van der Waals surface area (Å²) in [4.78, 5) is 95.9. The number of benzene rings is 1. The van der Waals surface area contributed by atoms with Crippen molar-refractivity contribution in [1.29, 1.82) is 0 Å². The van der Waals surface area contributed by atoms with Crippen molar-refractivity contribution < 1.29 is 48.9 Å². The predicted molar refractivity (Wildman–Crippen MR) is 209 cm³/mol. The first kappa shape index (κ1) is 46.7. The van der Waals surface area contributed by atoms with Crippen LogP contribution in [0.25, 0.3) is 0 Å². The molecule has 1 aromatic carbocycles. The third-order valence-electron chi connectivity index (χ3n) is 10.8. The summed E-state index contributed by atoms with van der Waals surface area (Å²) in [6.07, 6.45) is 0.339. The van der Waals surface area contributed by atoms with Gasteiger partial charge in [0, 0.05) is 13.1 Å². The number of rotatable bonds is 21. The van der Waals surface area contributed by atoms with Crippen molar-refractivity contribution in [3.8, 4) is 0 Å². The molecule has 0 saturated carbocycles. The van der Waals surface area contributed by atoms with E-state index in [4.69, 9.17) is 11.5 Å². The molecule has 18 nitrogen and oxygen atoms in total. The molecule has 57 heavy (non-hydrogen) atoms. The summed E-state index contributed by atoms with van der Waals surface area (Å²) in [5.74, 6) is -5.92. The summed E-state index contributed by atoms with van der Waals surface area (Å²) in [7, 11) is 0. The van der Waals surface area contributed by atoms with E-state index in [1.807, 2.05) is 30.3 Å². The number of unbranched alkanes of at least 4 members (excludes halogenated alkanes) is 1. The number of aliphatic hydroxyl groups is 2. The molecule has 3 rings (SSSR count). The molecule has 18 heteroatoms. The second-order valence-corrected chi connectivity index (χ2v) is 15.2. The van der Waals surface area contributed by atoms with Gasteiger partial charge in [-0.05, 0) is 83.2 Å². The van der Waals surface area contributed by atoms with Gasteiger partial charge >= 0.3 is 5.97 Å². The van der Waals surface area contributed by atoms with E-state index in [-0.39, 0.29) is 25.8 Å². The lowest BCUT2D eigenvalue weighted by atomic mass is 9.98. The second-order valence-electron chi connectivity index (χ2n) is 15.2. The lowest BCUT2D eigenvalue weighted by molar-refractivity contribution is -0.147. The van der Waals surface area contributed by atoms with Gasteiger partial charge in [0.2, 0.25) is 35.4 Å². The minimum absolute atomic E-state index is 0.0980. The van der Waals surface area contributed by atoms with Crippen molar-refractivity contribution in [2.45, 2.75) is 140 Å². The van der Waals surface area contributed by atoms with Crippen LogP contribution < -0.4 is 32.7 Å². The highest BCUT2D eigenvalue weighted by Crippen LogP contribution is 2.22. The summed E-state index contributed by atoms with van der Waals surface area (Å²) >= 11 is 0. The number of hydrogen-bond acceptors (Lipinski definition) is 11. The Balaban J connectivity index is 1.73. The van der Waals surface area contributed by atoms with Crippen LogP contribution in [0.15, 0.2) is 30.3 Å². The number of carboxylic acid groups (broad SMARTS) is 1. The Kier molecular flexibility index (Phi) is 18.3. The molecule has 0 aromatic heterocycles. The van der Waals surface area contributed by atoms with E-state index >= 15 is 0 Å². The van der Waals surface area contributed by atoms with Crippen LogP contribution in [0.3, 0.4) is 0 Å². The van der Waals surface area contributed by atoms with Crippen molar-refractivity contribution in [3.63, 3.8) is 0 Å². The largest absolute Gasteiger partial charge is 0.480 e. The Morgan fingerprint density at radius 1 is 0.754 bits per heavy atom. The molecule has 0 unspecified atom stereocenters. The first-order chi connectivity index (χ1) is 27.0. The van der Waals surface area contributed by atoms with Crippen molar-refractivity contribution in [1.82, 2.24) is 31.1 Å². The van der Waals surface area contributed by atoms with Crippen LogP contribution in [-0.2, 0) is 40.0 Å². The van der Waals surface area contributed by atoms with Gasteiger partial charge < -0.3 is 57.9 Å². The van der Waals surface area contributed by atoms with Gasteiger partial charge in [-0.15, -0.1) is 0 Å². The van der Waals surface area contributed by atoms with Gasteiger partial charge in [0.15, 0.2) is 0 Å². The molecule has 6 amide bonds. The number of likely N-dealkylation sites (tertiary alicyclic amines) is 2. The van der Waals surface area contributed by atoms with E-state index in [1.165, 1.54) is 23.6 Å². The Labute approximate surface area is 333 Å². The van der Waals surface area contributed by atoms with Crippen LogP contribution in [0.1, 0.15) is 84.6 Å². The molecular formula is C39H62N8O10. The molecule has 2 fully saturated rings. The molecule has 2 heterocycles. The van der Waals surface area contributed by atoms with Crippen molar-refractivity contribution in [2.24, 2.45) is 17.4 Å². The zero-order valence-corrected chi connectivity index (χ0v) is 33.4. The zero-order chi connectivity index (χ0) is 42.4. The normalized spacial score (nSPS) is 20.9. The summed E-state index contributed by atoms with van der Waals surface area (Å²) in [6.45, 7) is 6.68. The fourth-order valence-corrected chi connectivity index (χ4v) is 7.21. The number of carbonyl (C=O) groups excluding carboxylic acids is 6. The summed E-state index contributed by atoms with van der Waals surface area (Å²) < 4.78 is 0. The lowest BCUT2D eigenvalue weighted by Crippen LogP contribution is -2.63.